The molecule has 1 aromatic rings. The summed E-state index contributed by atoms with van der Waals surface area (Å²) in [7, 11) is 5.33. The molecule has 2 fully saturated rings. The summed E-state index contributed by atoms with van der Waals surface area (Å²) >= 11 is 12.3. The Hall–Kier alpha value is -0.810. The molecular weight excluding hydrogens is 335 g/mol. The van der Waals surface area contributed by atoms with Crippen LogP contribution in [0, 0.1) is 5.92 Å². The third-order valence-electron chi connectivity index (χ3n) is 5.51. The molecule has 0 radical (unpaired) electrons. The number of hydrogen-bond acceptors (Lipinski definition) is 3. The summed E-state index contributed by atoms with van der Waals surface area (Å²) < 4.78 is 0. The molecule has 2 aliphatic heterocycles. The maximum absolute atomic E-state index is 12.9. The summed E-state index contributed by atoms with van der Waals surface area (Å²) in [5.41, 5.74) is 1.09. The molecule has 2 heterocycles. The highest BCUT2D eigenvalue weighted by atomic mass is 35.5. The number of nitrogens with zero attached hydrogens (tertiary/aromatic N) is 2. The minimum atomic E-state index is -0.124. The maximum atomic E-state index is 12.9. The van der Waals surface area contributed by atoms with Crippen molar-refractivity contribution in [2.24, 2.45) is 5.92 Å². The first kappa shape index (κ1) is 17.0. The third kappa shape index (κ3) is 2.98. The minimum absolute atomic E-state index is 0.0285. The van der Waals surface area contributed by atoms with E-state index in [-0.39, 0.29) is 23.8 Å². The van der Waals surface area contributed by atoms with E-state index in [1.807, 2.05) is 18.2 Å². The van der Waals surface area contributed by atoms with Gasteiger partial charge < -0.3 is 0 Å². The van der Waals surface area contributed by atoms with Crippen LogP contribution in [0.2, 0.25) is 10.0 Å². The molecule has 2 unspecified atom stereocenters. The van der Waals surface area contributed by atoms with Crippen molar-refractivity contribution >= 4 is 29.1 Å². The lowest BCUT2D eigenvalue weighted by Crippen LogP contribution is -2.51. The van der Waals surface area contributed by atoms with Gasteiger partial charge in [-0.25, -0.2) is 5.06 Å². The van der Waals surface area contributed by atoms with Crippen LogP contribution in [0.15, 0.2) is 18.2 Å². The molecular formula is C17H22Cl2N2O2. The quantitative estimate of drug-likeness (QED) is 0.776. The molecule has 23 heavy (non-hydrogen) atoms. The second-order valence-electron chi connectivity index (χ2n) is 6.52. The predicted molar refractivity (Wildman–Crippen MR) is 91.7 cm³/mol. The Balaban J connectivity index is 1.98. The van der Waals surface area contributed by atoms with Gasteiger partial charge in [-0.3, -0.25) is 14.5 Å². The standard InChI is InChI=1S/C17H22Cl2N2O2/c1-20-11-5-7-15(20)16(17(22)21(2)23-3)12(9-11)10-4-6-13(18)14(19)8-10/h4,6,8,11-12,15-16H,5,7,9H2,1-3H3/t11?,12-,15?,16-/m0/s1. The van der Waals surface area contributed by atoms with E-state index in [1.54, 1.807) is 7.05 Å². The number of amides is 1. The van der Waals surface area contributed by atoms with Crippen molar-refractivity contribution in [2.75, 3.05) is 21.2 Å². The van der Waals surface area contributed by atoms with Gasteiger partial charge in [-0.1, -0.05) is 29.3 Å². The molecule has 0 spiro atoms. The van der Waals surface area contributed by atoms with E-state index in [0.717, 1.165) is 24.8 Å². The zero-order valence-corrected chi connectivity index (χ0v) is 15.1. The molecule has 1 aromatic carbocycles. The lowest BCUT2D eigenvalue weighted by Gasteiger charge is -2.43. The van der Waals surface area contributed by atoms with Crippen molar-refractivity contribution in [1.29, 1.82) is 0 Å². The van der Waals surface area contributed by atoms with Gasteiger partial charge in [-0.2, -0.15) is 0 Å². The van der Waals surface area contributed by atoms with Crippen LogP contribution in [-0.2, 0) is 9.63 Å². The highest BCUT2D eigenvalue weighted by molar-refractivity contribution is 6.42. The highest BCUT2D eigenvalue weighted by Crippen LogP contribution is 2.47. The summed E-state index contributed by atoms with van der Waals surface area (Å²) in [4.78, 5) is 20.4. The summed E-state index contributed by atoms with van der Waals surface area (Å²) in [6, 6.07) is 6.50. The molecule has 2 bridgehead atoms. The Morgan fingerprint density at radius 3 is 2.70 bits per heavy atom. The molecule has 0 N–H and O–H groups in total. The molecule has 0 aliphatic carbocycles. The fourth-order valence-electron chi connectivity index (χ4n) is 4.19. The maximum Gasteiger partial charge on any atom is 0.251 e. The van der Waals surface area contributed by atoms with Crippen molar-refractivity contribution < 1.29 is 9.63 Å². The van der Waals surface area contributed by atoms with Crippen LogP contribution >= 0.6 is 23.2 Å². The van der Waals surface area contributed by atoms with Gasteiger partial charge >= 0.3 is 0 Å². The van der Waals surface area contributed by atoms with Gasteiger partial charge in [-0.15, -0.1) is 0 Å². The van der Waals surface area contributed by atoms with E-state index in [0.29, 0.717) is 16.1 Å². The lowest BCUT2D eigenvalue weighted by molar-refractivity contribution is -0.177. The molecule has 4 nitrogen and oxygen atoms in total. The fourth-order valence-corrected chi connectivity index (χ4v) is 4.50. The fraction of sp³-hybridized carbons (Fsp3) is 0.588. The van der Waals surface area contributed by atoms with Gasteiger partial charge in [0.15, 0.2) is 0 Å². The topological polar surface area (TPSA) is 32.8 Å². The number of rotatable bonds is 3. The molecule has 0 saturated carbocycles. The van der Waals surface area contributed by atoms with Gasteiger partial charge in [-0.05, 0) is 49.9 Å². The van der Waals surface area contributed by atoms with Crippen molar-refractivity contribution in [2.45, 2.75) is 37.3 Å². The second kappa shape index (κ2) is 6.60. The van der Waals surface area contributed by atoms with Crippen molar-refractivity contribution in [3.8, 4) is 0 Å². The largest absolute Gasteiger partial charge is 0.300 e. The minimum Gasteiger partial charge on any atom is -0.300 e. The monoisotopic (exact) mass is 356 g/mol. The molecule has 2 aliphatic rings. The van der Waals surface area contributed by atoms with Gasteiger partial charge in [0.05, 0.1) is 23.1 Å². The van der Waals surface area contributed by atoms with Gasteiger partial charge in [0.1, 0.15) is 0 Å². The second-order valence-corrected chi connectivity index (χ2v) is 7.34. The number of piperidine rings is 1. The highest BCUT2D eigenvalue weighted by Gasteiger charge is 2.49. The van der Waals surface area contributed by atoms with Gasteiger partial charge in [0.2, 0.25) is 0 Å². The van der Waals surface area contributed by atoms with Crippen LogP contribution < -0.4 is 0 Å². The molecule has 3 rings (SSSR count). The zero-order chi connectivity index (χ0) is 16.7. The van der Waals surface area contributed by atoms with E-state index in [4.69, 9.17) is 28.0 Å². The van der Waals surface area contributed by atoms with Gasteiger partial charge in [0, 0.05) is 19.1 Å². The smallest absolute Gasteiger partial charge is 0.251 e. The van der Waals surface area contributed by atoms with Crippen LogP contribution in [-0.4, -0.2) is 49.2 Å². The normalized spacial score (nSPS) is 30.5. The number of fused-ring (bicyclic) bond motifs is 2. The molecule has 126 valence electrons. The summed E-state index contributed by atoms with van der Waals surface area (Å²) in [6.07, 6.45) is 3.14. The average Bonchev–Trinajstić information content (AvgIpc) is 2.78. The summed E-state index contributed by atoms with van der Waals surface area (Å²) in [5, 5.41) is 2.44. The van der Waals surface area contributed by atoms with E-state index in [9.17, 15) is 4.79 Å². The Morgan fingerprint density at radius 2 is 2.04 bits per heavy atom. The SMILES string of the molecule is CON(C)C(=O)[C@@H]1C2CCC(C[C@H]1c1ccc(Cl)c(Cl)c1)N2C. The number of hydrogen-bond donors (Lipinski definition) is 0. The Bertz CT molecular complexity index is 610. The lowest BCUT2D eigenvalue weighted by atomic mass is 9.75. The zero-order valence-electron chi connectivity index (χ0n) is 13.6. The van der Waals surface area contributed by atoms with Crippen molar-refractivity contribution in [3.63, 3.8) is 0 Å². The number of hydroxylamine groups is 2. The molecule has 0 aromatic heterocycles. The average molecular weight is 357 g/mol. The van der Waals surface area contributed by atoms with Crippen molar-refractivity contribution in [1.82, 2.24) is 9.96 Å². The van der Waals surface area contributed by atoms with Crippen LogP contribution in [0.1, 0.15) is 30.7 Å². The van der Waals surface area contributed by atoms with Crippen LogP contribution in [0.4, 0.5) is 0 Å². The Kier molecular flexibility index (Phi) is 4.88. The van der Waals surface area contributed by atoms with Crippen molar-refractivity contribution in [3.05, 3.63) is 33.8 Å². The Morgan fingerprint density at radius 1 is 1.30 bits per heavy atom. The number of carbonyl (C=O) groups excluding carboxylic acids is 1. The number of benzene rings is 1. The van der Waals surface area contributed by atoms with Gasteiger partial charge in [0.25, 0.3) is 5.91 Å². The molecule has 2 saturated heterocycles. The van der Waals surface area contributed by atoms with E-state index >= 15 is 0 Å². The molecule has 1 amide bonds. The van der Waals surface area contributed by atoms with Crippen LogP contribution in [0.3, 0.4) is 0 Å². The number of halogens is 2. The molecule has 4 atom stereocenters. The van der Waals surface area contributed by atoms with Crippen LogP contribution in [0.5, 0.6) is 0 Å². The summed E-state index contributed by atoms with van der Waals surface area (Å²) in [5.74, 6) is 0.0466. The molecule has 6 heteroatoms. The summed E-state index contributed by atoms with van der Waals surface area (Å²) in [6.45, 7) is 0. The van der Waals surface area contributed by atoms with Crippen LogP contribution in [0.25, 0.3) is 0 Å². The Labute approximate surface area is 147 Å². The van der Waals surface area contributed by atoms with E-state index in [1.165, 1.54) is 12.2 Å². The van der Waals surface area contributed by atoms with E-state index in [2.05, 4.69) is 11.9 Å². The predicted octanol–water partition coefficient (Wildman–Crippen LogP) is 3.58. The first-order valence-corrected chi connectivity index (χ1v) is 8.68. The third-order valence-corrected chi connectivity index (χ3v) is 6.25. The first-order valence-electron chi connectivity index (χ1n) is 7.92. The van der Waals surface area contributed by atoms with E-state index < -0.39 is 0 Å². The first-order chi connectivity index (χ1) is 10.9. The number of carbonyl (C=O) groups is 1.